The molecule has 1 amide bonds. The van der Waals surface area contributed by atoms with E-state index in [1.807, 2.05) is 57.2 Å². The lowest BCUT2D eigenvalue weighted by molar-refractivity contribution is -0.0352. The molecule has 0 aliphatic carbocycles. The summed E-state index contributed by atoms with van der Waals surface area (Å²) in [5.74, 6) is 0. The Morgan fingerprint density at radius 3 is 2.46 bits per heavy atom. The molecule has 0 saturated carbocycles. The largest absolute Gasteiger partial charge is 0.445 e. The number of unbranched alkanes of at least 4 members (excludes halogenated alkanes) is 1. The molecule has 0 aliphatic heterocycles. The molecule has 0 spiro atoms. The van der Waals surface area contributed by atoms with Crippen molar-refractivity contribution in [1.82, 2.24) is 4.90 Å². The van der Waals surface area contributed by atoms with Crippen molar-refractivity contribution in [3.05, 3.63) is 61.2 Å². The Morgan fingerprint density at radius 2 is 1.88 bits per heavy atom. The number of amides is 1. The van der Waals surface area contributed by atoms with Crippen LogP contribution in [0.5, 0.6) is 0 Å². The highest BCUT2D eigenvalue weighted by Crippen LogP contribution is 2.16. The lowest BCUT2D eigenvalue weighted by atomic mass is 10.1. The topological polar surface area (TPSA) is 38.8 Å². The third-order valence-electron chi connectivity index (χ3n) is 3.86. The van der Waals surface area contributed by atoms with Crippen molar-refractivity contribution in [2.45, 2.75) is 58.3 Å². The first kappa shape index (κ1) is 22.0. The number of rotatable bonds is 11. The Balaban J connectivity index is 2.76. The summed E-state index contributed by atoms with van der Waals surface area (Å²) in [6, 6.07) is 9.62. The maximum Gasteiger partial charge on any atom is 0.410 e. The van der Waals surface area contributed by atoms with Crippen molar-refractivity contribution < 1.29 is 14.3 Å². The molecule has 1 rings (SSSR count). The lowest BCUT2D eigenvalue weighted by Gasteiger charge is -2.32. The predicted octanol–water partition coefficient (Wildman–Crippen LogP) is 5.35. The fourth-order valence-electron chi connectivity index (χ4n) is 2.49. The van der Waals surface area contributed by atoms with Crippen LogP contribution in [0, 0.1) is 0 Å². The van der Waals surface area contributed by atoms with Gasteiger partial charge < -0.3 is 9.47 Å². The first-order chi connectivity index (χ1) is 12.4. The Bertz CT molecular complexity index is 548. The predicted molar refractivity (Wildman–Crippen MR) is 107 cm³/mol. The van der Waals surface area contributed by atoms with Gasteiger partial charge in [0, 0.05) is 6.54 Å². The molecule has 0 bridgehead atoms. The number of carbonyl (C=O) groups excluding carboxylic acids is 1. The Kier molecular flexibility index (Phi) is 9.74. The van der Waals surface area contributed by atoms with E-state index in [0.29, 0.717) is 13.2 Å². The van der Waals surface area contributed by atoms with E-state index in [9.17, 15) is 4.79 Å². The SMILES string of the molecule is C=CCCC[C@H](COC(C)(C)C)N(CC=C)C(=O)OCc1ccccc1. The lowest BCUT2D eigenvalue weighted by Crippen LogP contribution is -2.44. The smallest absolute Gasteiger partial charge is 0.410 e. The van der Waals surface area contributed by atoms with E-state index in [-0.39, 0.29) is 24.3 Å². The van der Waals surface area contributed by atoms with Crippen LogP contribution in [0.15, 0.2) is 55.6 Å². The third kappa shape index (κ3) is 8.86. The van der Waals surface area contributed by atoms with Crippen molar-refractivity contribution in [2.24, 2.45) is 0 Å². The summed E-state index contributed by atoms with van der Waals surface area (Å²) in [7, 11) is 0. The van der Waals surface area contributed by atoms with Crippen LogP contribution in [0.25, 0.3) is 0 Å². The van der Waals surface area contributed by atoms with Gasteiger partial charge in [-0.3, -0.25) is 4.90 Å². The van der Waals surface area contributed by atoms with Gasteiger partial charge in [-0.15, -0.1) is 13.2 Å². The number of carbonyl (C=O) groups is 1. The monoisotopic (exact) mass is 359 g/mol. The van der Waals surface area contributed by atoms with Gasteiger partial charge in [0.25, 0.3) is 0 Å². The molecule has 0 saturated heterocycles. The summed E-state index contributed by atoms with van der Waals surface area (Å²) >= 11 is 0. The van der Waals surface area contributed by atoms with Gasteiger partial charge in [-0.05, 0) is 45.6 Å². The number of hydrogen-bond donors (Lipinski definition) is 0. The van der Waals surface area contributed by atoms with Crippen molar-refractivity contribution in [2.75, 3.05) is 13.2 Å². The maximum atomic E-state index is 12.7. The zero-order chi connectivity index (χ0) is 19.4. The van der Waals surface area contributed by atoms with Crippen LogP contribution in [0.3, 0.4) is 0 Å². The Morgan fingerprint density at radius 1 is 1.19 bits per heavy atom. The van der Waals surface area contributed by atoms with E-state index in [1.54, 1.807) is 11.0 Å². The molecular formula is C22H33NO3. The molecule has 0 aliphatic rings. The van der Waals surface area contributed by atoms with Crippen LogP contribution in [-0.2, 0) is 16.1 Å². The first-order valence-electron chi connectivity index (χ1n) is 9.20. The summed E-state index contributed by atoms with van der Waals surface area (Å²) in [5.41, 5.74) is 0.707. The second-order valence-corrected chi connectivity index (χ2v) is 7.28. The number of benzene rings is 1. The van der Waals surface area contributed by atoms with Crippen LogP contribution >= 0.6 is 0 Å². The van der Waals surface area contributed by atoms with Gasteiger partial charge in [-0.2, -0.15) is 0 Å². The van der Waals surface area contributed by atoms with Crippen LogP contribution in [0.2, 0.25) is 0 Å². The summed E-state index contributed by atoms with van der Waals surface area (Å²) in [6.07, 6.45) is 5.97. The van der Waals surface area contributed by atoms with Crippen LogP contribution in [0.4, 0.5) is 4.79 Å². The van der Waals surface area contributed by atoms with E-state index in [4.69, 9.17) is 9.47 Å². The van der Waals surface area contributed by atoms with Gasteiger partial charge in [0.05, 0.1) is 18.2 Å². The molecule has 144 valence electrons. The zero-order valence-electron chi connectivity index (χ0n) is 16.4. The molecule has 0 aromatic heterocycles. The average Bonchev–Trinajstić information content (AvgIpc) is 2.61. The molecule has 1 aromatic carbocycles. The second-order valence-electron chi connectivity index (χ2n) is 7.28. The van der Waals surface area contributed by atoms with Gasteiger partial charge in [0.1, 0.15) is 6.61 Å². The molecule has 1 atom stereocenters. The number of nitrogens with zero attached hydrogens (tertiary/aromatic N) is 1. The Hall–Kier alpha value is -2.07. The number of ether oxygens (including phenoxy) is 2. The van der Waals surface area contributed by atoms with E-state index in [0.717, 1.165) is 24.8 Å². The zero-order valence-corrected chi connectivity index (χ0v) is 16.4. The van der Waals surface area contributed by atoms with Crippen molar-refractivity contribution >= 4 is 6.09 Å². The summed E-state index contributed by atoms with van der Waals surface area (Å²) < 4.78 is 11.5. The van der Waals surface area contributed by atoms with Crippen LogP contribution in [0.1, 0.15) is 45.6 Å². The molecule has 0 heterocycles. The molecule has 0 unspecified atom stereocenters. The number of hydrogen-bond acceptors (Lipinski definition) is 3. The molecular weight excluding hydrogens is 326 g/mol. The van der Waals surface area contributed by atoms with Crippen molar-refractivity contribution in [3.8, 4) is 0 Å². The minimum atomic E-state index is -0.338. The van der Waals surface area contributed by atoms with Gasteiger partial charge >= 0.3 is 6.09 Å². The molecule has 0 radical (unpaired) electrons. The van der Waals surface area contributed by atoms with Crippen LogP contribution in [-0.4, -0.2) is 35.8 Å². The Labute approximate surface area is 158 Å². The fraction of sp³-hybridized carbons (Fsp3) is 0.500. The highest BCUT2D eigenvalue weighted by atomic mass is 16.6. The van der Waals surface area contributed by atoms with Crippen LogP contribution < -0.4 is 0 Å². The quantitative estimate of drug-likeness (QED) is 0.395. The van der Waals surface area contributed by atoms with Crippen molar-refractivity contribution in [3.63, 3.8) is 0 Å². The van der Waals surface area contributed by atoms with E-state index in [2.05, 4.69) is 13.2 Å². The first-order valence-corrected chi connectivity index (χ1v) is 9.20. The van der Waals surface area contributed by atoms with Crippen molar-refractivity contribution in [1.29, 1.82) is 0 Å². The van der Waals surface area contributed by atoms with E-state index in [1.165, 1.54) is 0 Å². The van der Waals surface area contributed by atoms with E-state index < -0.39 is 0 Å². The normalized spacial score (nSPS) is 12.3. The maximum absolute atomic E-state index is 12.7. The summed E-state index contributed by atoms with van der Waals surface area (Å²) in [4.78, 5) is 14.4. The fourth-order valence-corrected chi connectivity index (χ4v) is 2.49. The minimum Gasteiger partial charge on any atom is -0.445 e. The standard InChI is InChI=1S/C22H33NO3/c1-6-8-10-15-20(18-26-22(3,4)5)23(16-7-2)21(24)25-17-19-13-11-9-12-14-19/h6-7,9,11-14,20H,1-2,8,10,15-18H2,3-5H3/t20-/m1/s1. The molecule has 0 N–H and O–H groups in total. The average molecular weight is 360 g/mol. The van der Waals surface area contributed by atoms with Gasteiger partial charge in [-0.25, -0.2) is 4.79 Å². The summed E-state index contributed by atoms with van der Waals surface area (Å²) in [5, 5.41) is 0. The minimum absolute atomic E-state index is 0.0598. The highest BCUT2D eigenvalue weighted by Gasteiger charge is 2.26. The highest BCUT2D eigenvalue weighted by molar-refractivity contribution is 5.68. The molecule has 0 fully saturated rings. The summed E-state index contributed by atoms with van der Waals surface area (Å²) in [6.45, 7) is 14.7. The molecule has 26 heavy (non-hydrogen) atoms. The van der Waals surface area contributed by atoms with Gasteiger partial charge in [0.2, 0.25) is 0 Å². The molecule has 1 aromatic rings. The second kappa shape index (κ2) is 11.5. The number of allylic oxidation sites excluding steroid dienone is 1. The third-order valence-corrected chi connectivity index (χ3v) is 3.86. The van der Waals surface area contributed by atoms with Gasteiger partial charge in [-0.1, -0.05) is 42.5 Å². The molecule has 4 heteroatoms. The van der Waals surface area contributed by atoms with E-state index >= 15 is 0 Å². The molecule has 4 nitrogen and oxygen atoms in total. The van der Waals surface area contributed by atoms with Gasteiger partial charge in [0.15, 0.2) is 0 Å².